The van der Waals surface area contributed by atoms with Gasteiger partial charge in [-0.05, 0) is 48.0 Å². The third-order valence-corrected chi connectivity index (χ3v) is 3.90. The Balaban J connectivity index is 1.67. The first-order chi connectivity index (χ1) is 14.1. The van der Waals surface area contributed by atoms with Crippen molar-refractivity contribution in [3.8, 4) is 11.5 Å². The number of nitrogens with one attached hydrogen (secondary N) is 1. The molecule has 1 amide bonds. The van der Waals surface area contributed by atoms with E-state index in [0.717, 1.165) is 0 Å². The Morgan fingerprint density at radius 1 is 1.10 bits per heavy atom. The molecular weight excluding hydrogens is 396 g/mol. The largest absolute Gasteiger partial charge is 0.493 e. The van der Waals surface area contributed by atoms with Gasteiger partial charge in [-0.15, -0.1) is 0 Å². The third kappa shape index (κ3) is 5.36. The molecule has 2 aromatic carbocycles. The Morgan fingerprint density at radius 2 is 1.90 bits per heavy atom. The average molecular weight is 411 g/mol. The summed E-state index contributed by atoms with van der Waals surface area (Å²) in [5, 5.41) is 4.39. The summed E-state index contributed by atoms with van der Waals surface area (Å²) in [4.78, 5) is 31.8. The molecule has 0 bridgehead atoms. The molecule has 3 aromatic rings. The van der Waals surface area contributed by atoms with E-state index < -0.39 is 11.9 Å². The topological polar surface area (TPSA) is 103 Å². The Morgan fingerprint density at radius 3 is 2.59 bits per heavy atom. The number of aromatic nitrogens is 2. The highest BCUT2D eigenvalue weighted by Crippen LogP contribution is 2.28. The summed E-state index contributed by atoms with van der Waals surface area (Å²) >= 11 is 5.82. The van der Waals surface area contributed by atoms with Crippen LogP contribution >= 0.6 is 11.6 Å². The summed E-state index contributed by atoms with van der Waals surface area (Å²) in [6.07, 6.45) is 5.63. The van der Waals surface area contributed by atoms with Gasteiger partial charge in [0.05, 0.1) is 25.1 Å². The van der Waals surface area contributed by atoms with Crippen molar-refractivity contribution < 1.29 is 19.1 Å². The molecule has 0 spiro atoms. The molecule has 0 aliphatic heterocycles. The molecule has 0 aliphatic carbocycles. The quantitative estimate of drug-likeness (QED) is 0.290. The minimum atomic E-state index is -0.544. The SMILES string of the molecule is COc1cc(/C=N\NC(=O)c2cnccn2)ccc1OC(=O)c1ccc(Cl)cc1. The van der Waals surface area contributed by atoms with Crippen LogP contribution in [0.15, 0.2) is 66.2 Å². The normalized spacial score (nSPS) is 10.6. The Kier molecular flexibility index (Phi) is 6.49. The monoisotopic (exact) mass is 410 g/mol. The molecular formula is C20H15ClN4O4. The molecule has 29 heavy (non-hydrogen) atoms. The zero-order valence-corrected chi connectivity index (χ0v) is 16.0. The number of rotatable bonds is 6. The molecule has 0 unspecified atom stereocenters. The predicted octanol–water partition coefficient (Wildman–Crippen LogP) is 3.12. The van der Waals surface area contributed by atoms with Gasteiger partial charge in [0.15, 0.2) is 11.5 Å². The molecule has 9 heteroatoms. The fraction of sp³-hybridized carbons (Fsp3) is 0.0500. The number of hydrogen-bond donors (Lipinski definition) is 1. The van der Waals surface area contributed by atoms with Gasteiger partial charge in [-0.3, -0.25) is 9.78 Å². The highest BCUT2D eigenvalue weighted by molar-refractivity contribution is 6.30. The van der Waals surface area contributed by atoms with Gasteiger partial charge in [-0.2, -0.15) is 5.10 Å². The van der Waals surface area contributed by atoms with E-state index in [2.05, 4.69) is 20.5 Å². The summed E-state index contributed by atoms with van der Waals surface area (Å²) in [6.45, 7) is 0. The molecule has 1 N–H and O–H groups in total. The van der Waals surface area contributed by atoms with E-state index >= 15 is 0 Å². The summed E-state index contributed by atoms with van der Waals surface area (Å²) in [7, 11) is 1.45. The van der Waals surface area contributed by atoms with Crippen LogP contribution in [0.1, 0.15) is 26.4 Å². The van der Waals surface area contributed by atoms with Gasteiger partial charge < -0.3 is 9.47 Å². The number of nitrogens with zero attached hydrogens (tertiary/aromatic N) is 3. The number of methoxy groups -OCH3 is 1. The van der Waals surface area contributed by atoms with Crippen molar-refractivity contribution in [1.82, 2.24) is 15.4 Å². The molecule has 8 nitrogen and oxygen atoms in total. The first-order valence-corrected chi connectivity index (χ1v) is 8.70. The lowest BCUT2D eigenvalue weighted by Crippen LogP contribution is -2.19. The standard InChI is InChI=1S/C20H15ClN4O4/c1-28-18-10-13(11-24-25-19(26)16-12-22-8-9-23-16)2-7-17(18)29-20(27)14-3-5-15(21)6-4-14/h2-12H,1H3,(H,25,26)/b24-11-. The van der Waals surface area contributed by atoms with Crippen molar-refractivity contribution in [1.29, 1.82) is 0 Å². The third-order valence-electron chi connectivity index (χ3n) is 3.65. The van der Waals surface area contributed by atoms with Crippen molar-refractivity contribution in [3.63, 3.8) is 0 Å². The van der Waals surface area contributed by atoms with Crippen molar-refractivity contribution in [2.75, 3.05) is 7.11 Å². The van der Waals surface area contributed by atoms with Gasteiger partial charge in [-0.1, -0.05) is 11.6 Å². The number of benzene rings is 2. The summed E-state index contributed by atoms with van der Waals surface area (Å²) in [5.41, 5.74) is 3.47. The first kappa shape index (κ1) is 20.0. The molecule has 0 radical (unpaired) electrons. The van der Waals surface area contributed by atoms with Crippen LogP contribution in [-0.2, 0) is 0 Å². The number of halogens is 1. The van der Waals surface area contributed by atoms with Crippen LogP contribution in [0, 0.1) is 0 Å². The molecule has 0 saturated heterocycles. The smallest absolute Gasteiger partial charge is 0.343 e. The predicted molar refractivity (Wildman–Crippen MR) is 106 cm³/mol. The second-order valence-corrected chi connectivity index (χ2v) is 6.03. The van der Waals surface area contributed by atoms with Gasteiger partial charge in [-0.25, -0.2) is 15.2 Å². The minimum absolute atomic E-state index is 0.145. The van der Waals surface area contributed by atoms with E-state index in [1.807, 2.05) is 0 Å². The Labute approximate surface area is 171 Å². The highest BCUT2D eigenvalue weighted by Gasteiger charge is 2.13. The van der Waals surface area contributed by atoms with E-state index in [4.69, 9.17) is 21.1 Å². The maximum absolute atomic E-state index is 12.3. The van der Waals surface area contributed by atoms with Gasteiger partial charge in [0, 0.05) is 17.4 Å². The van der Waals surface area contributed by atoms with Crippen molar-refractivity contribution in [3.05, 3.63) is 82.9 Å². The van der Waals surface area contributed by atoms with E-state index in [-0.39, 0.29) is 11.4 Å². The summed E-state index contributed by atoms with van der Waals surface area (Å²) in [6, 6.07) is 11.2. The zero-order chi connectivity index (χ0) is 20.6. The fourth-order valence-electron chi connectivity index (χ4n) is 2.23. The maximum Gasteiger partial charge on any atom is 0.343 e. The second-order valence-electron chi connectivity index (χ2n) is 5.60. The Bertz CT molecular complexity index is 1040. The van der Waals surface area contributed by atoms with Crippen LogP contribution in [0.5, 0.6) is 11.5 Å². The second kappa shape index (κ2) is 9.43. The number of esters is 1. The fourth-order valence-corrected chi connectivity index (χ4v) is 2.36. The molecule has 146 valence electrons. The lowest BCUT2D eigenvalue weighted by molar-refractivity contribution is 0.0729. The average Bonchev–Trinajstić information content (AvgIpc) is 2.75. The van der Waals surface area contributed by atoms with Crippen LogP contribution < -0.4 is 14.9 Å². The van der Waals surface area contributed by atoms with Gasteiger partial charge in [0.2, 0.25) is 0 Å². The Hall–Kier alpha value is -3.78. The molecule has 1 heterocycles. The number of amides is 1. The van der Waals surface area contributed by atoms with Crippen LogP contribution in [0.4, 0.5) is 0 Å². The lowest BCUT2D eigenvalue weighted by Gasteiger charge is -2.10. The molecule has 1 aromatic heterocycles. The number of hydrogen-bond acceptors (Lipinski definition) is 7. The molecule has 0 aliphatic rings. The van der Waals surface area contributed by atoms with Crippen molar-refractivity contribution in [2.45, 2.75) is 0 Å². The number of hydrazone groups is 1. The van der Waals surface area contributed by atoms with E-state index in [9.17, 15) is 9.59 Å². The summed E-state index contributed by atoms with van der Waals surface area (Å²) < 4.78 is 10.7. The van der Waals surface area contributed by atoms with Crippen LogP contribution in [0.2, 0.25) is 5.02 Å². The van der Waals surface area contributed by atoms with Gasteiger partial charge in [0.1, 0.15) is 5.69 Å². The lowest BCUT2D eigenvalue weighted by atomic mass is 10.2. The van der Waals surface area contributed by atoms with E-state index in [0.29, 0.717) is 21.9 Å². The zero-order valence-electron chi connectivity index (χ0n) is 15.2. The highest BCUT2D eigenvalue weighted by atomic mass is 35.5. The van der Waals surface area contributed by atoms with Crippen LogP contribution in [0.25, 0.3) is 0 Å². The van der Waals surface area contributed by atoms with Gasteiger partial charge in [0.25, 0.3) is 5.91 Å². The molecule has 3 rings (SSSR count). The molecule has 0 saturated carbocycles. The minimum Gasteiger partial charge on any atom is -0.493 e. The first-order valence-electron chi connectivity index (χ1n) is 8.32. The molecule has 0 atom stereocenters. The van der Waals surface area contributed by atoms with Crippen LogP contribution in [-0.4, -0.2) is 35.2 Å². The van der Waals surface area contributed by atoms with Crippen LogP contribution in [0.3, 0.4) is 0 Å². The maximum atomic E-state index is 12.3. The van der Waals surface area contributed by atoms with E-state index in [1.165, 1.54) is 31.9 Å². The van der Waals surface area contributed by atoms with Crippen molar-refractivity contribution >= 4 is 29.7 Å². The van der Waals surface area contributed by atoms with E-state index in [1.54, 1.807) is 42.5 Å². The summed E-state index contributed by atoms with van der Waals surface area (Å²) in [5.74, 6) is -0.461. The number of ether oxygens (including phenoxy) is 2. The van der Waals surface area contributed by atoms with Crippen molar-refractivity contribution in [2.24, 2.45) is 5.10 Å². The molecule has 0 fully saturated rings. The number of carbonyl (C=O) groups excluding carboxylic acids is 2. The van der Waals surface area contributed by atoms with Gasteiger partial charge >= 0.3 is 5.97 Å². The number of carbonyl (C=O) groups is 2.